The van der Waals surface area contributed by atoms with Crippen LogP contribution in [0.2, 0.25) is 0 Å². The average molecular weight is 365 g/mol. The van der Waals surface area contributed by atoms with E-state index < -0.39 is 0 Å². The third-order valence-electron chi connectivity index (χ3n) is 4.69. The Morgan fingerprint density at radius 1 is 0.852 bits per heavy atom. The van der Waals surface area contributed by atoms with Gasteiger partial charge in [0, 0.05) is 39.3 Å². The Morgan fingerprint density at radius 3 is 2.11 bits per heavy atom. The lowest BCUT2D eigenvalue weighted by molar-refractivity contribution is 0.130. The number of hydrogen-bond acceptors (Lipinski definition) is 3. The number of nitrogens with zero attached hydrogens (tertiary/aromatic N) is 2. The summed E-state index contributed by atoms with van der Waals surface area (Å²) in [7, 11) is 0. The highest BCUT2D eigenvalue weighted by molar-refractivity contribution is 5.48. The van der Waals surface area contributed by atoms with Crippen LogP contribution in [0.5, 0.6) is 5.75 Å². The number of rotatable bonds is 6. The van der Waals surface area contributed by atoms with E-state index >= 15 is 0 Å². The molecule has 27 heavy (non-hydrogen) atoms. The van der Waals surface area contributed by atoms with Gasteiger partial charge in [0.25, 0.3) is 0 Å². The van der Waals surface area contributed by atoms with E-state index in [0.29, 0.717) is 0 Å². The standard InChI is InChI=1S/C24H32N2O/c1-24(2,3)27-23-13-11-22(12-14-23)20-26-18-16-25(17-19-26)15-7-10-21-8-5-4-6-9-21/h4-14H,15-20H2,1-3H3. The first-order chi connectivity index (χ1) is 13.0. The lowest BCUT2D eigenvalue weighted by atomic mass is 10.1. The summed E-state index contributed by atoms with van der Waals surface area (Å²) < 4.78 is 5.90. The smallest absolute Gasteiger partial charge is 0.120 e. The normalized spacial score (nSPS) is 16.7. The van der Waals surface area contributed by atoms with Crippen molar-refractivity contribution in [3.05, 3.63) is 71.8 Å². The molecule has 144 valence electrons. The molecule has 1 aliphatic heterocycles. The molecule has 0 N–H and O–H groups in total. The Labute approximate surface area is 164 Å². The van der Waals surface area contributed by atoms with Crippen LogP contribution in [0, 0.1) is 0 Å². The van der Waals surface area contributed by atoms with Crippen molar-refractivity contribution in [3.8, 4) is 5.75 Å². The first-order valence-corrected chi connectivity index (χ1v) is 9.92. The van der Waals surface area contributed by atoms with Crippen molar-refractivity contribution < 1.29 is 4.74 Å². The molecule has 3 rings (SSSR count). The summed E-state index contributed by atoms with van der Waals surface area (Å²) in [6, 6.07) is 19.1. The van der Waals surface area contributed by atoms with E-state index in [-0.39, 0.29) is 5.60 Å². The van der Waals surface area contributed by atoms with Crippen LogP contribution in [0.4, 0.5) is 0 Å². The zero-order valence-corrected chi connectivity index (χ0v) is 16.9. The van der Waals surface area contributed by atoms with Crippen molar-refractivity contribution in [3.63, 3.8) is 0 Å². The van der Waals surface area contributed by atoms with E-state index in [0.717, 1.165) is 45.0 Å². The van der Waals surface area contributed by atoms with Gasteiger partial charge in [-0.1, -0.05) is 54.6 Å². The SMILES string of the molecule is CC(C)(C)Oc1ccc(CN2CCN(CC=Cc3ccccc3)CC2)cc1. The van der Waals surface area contributed by atoms with Crippen LogP contribution in [-0.4, -0.2) is 48.1 Å². The van der Waals surface area contributed by atoms with Crippen molar-refractivity contribution in [1.82, 2.24) is 9.80 Å². The number of benzene rings is 2. The van der Waals surface area contributed by atoms with Gasteiger partial charge < -0.3 is 4.74 Å². The van der Waals surface area contributed by atoms with E-state index in [1.54, 1.807) is 0 Å². The molecule has 0 bridgehead atoms. The largest absolute Gasteiger partial charge is 0.488 e. The van der Waals surface area contributed by atoms with Gasteiger partial charge in [-0.2, -0.15) is 0 Å². The van der Waals surface area contributed by atoms with Gasteiger partial charge in [0.2, 0.25) is 0 Å². The van der Waals surface area contributed by atoms with Gasteiger partial charge in [-0.25, -0.2) is 0 Å². The van der Waals surface area contributed by atoms with Crippen molar-refractivity contribution >= 4 is 6.08 Å². The lowest BCUT2D eigenvalue weighted by Crippen LogP contribution is -2.45. The highest BCUT2D eigenvalue weighted by atomic mass is 16.5. The molecular weight excluding hydrogens is 332 g/mol. The molecule has 1 heterocycles. The molecule has 0 aliphatic carbocycles. The summed E-state index contributed by atoms with van der Waals surface area (Å²) >= 11 is 0. The number of hydrogen-bond donors (Lipinski definition) is 0. The Morgan fingerprint density at radius 2 is 1.48 bits per heavy atom. The second-order valence-corrected chi connectivity index (χ2v) is 8.25. The van der Waals surface area contributed by atoms with Gasteiger partial charge in [0.15, 0.2) is 0 Å². The second-order valence-electron chi connectivity index (χ2n) is 8.25. The molecule has 0 unspecified atom stereocenters. The minimum Gasteiger partial charge on any atom is -0.488 e. The fourth-order valence-electron chi connectivity index (χ4n) is 3.31. The molecule has 1 fully saturated rings. The lowest BCUT2D eigenvalue weighted by Gasteiger charge is -2.34. The third kappa shape index (κ3) is 6.85. The van der Waals surface area contributed by atoms with E-state index in [9.17, 15) is 0 Å². The van der Waals surface area contributed by atoms with Crippen LogP contribution in [0.3, 0.4) is 0 Å². The van der Waals surface area contributed by atoms with Crippen LogP contribution >= 0.6 is 0 Å². The minimum atomic E-state index is -0.146. The number of ether oxygens (including phenoxy) is 1. The van der Waals surface area contributed by atoms with Crippen LogP contribution in [-0.2, 0) is 6.54 Å². The third-order valence-corrected chi connectivity index (χ3v) is 4.69. The first kappa shape index (κ1) is 19.7. The fraction of sp³-hybridized carbons (Fsp3) is 0.417. The predicted molar refractivity (Wildman–Crippen MR) is 114 cm³/mol. The van der Waals surface area contributed by atoms with Crippen molar-refractivity contribution in [2.75, 3.05) is 32.7 Å². The molecule has 2 aromatic rings. The topological polar surface area (TPSA) is 15.7 Å². The van der Waals surface area contributed by atoms with Gasteiger partial charge in [0.05, 0.1) is 0 Å². The second kappa shape index (κ2) is 9.20. The fourth-order valence-corrected chi connectivity index (χ4v) is 3.31. The maximum atomic E-state index is 5.90. The van der Waals surface area contributed by atoms with Gasteiger partial charge in [0.1, 0.15) is 11.4 Å². The molecular formula is C24H32N2O. The van der Waals surface area contributed by atoms with Crippen LogP contribution in [0.25, 0.3) is 6.08 Å². The zero-order valence-electron chi connectivity index (χ0n) is 16.9. The molecule has 0 spiro atoms. The van der Waals surface area contributed by atoms with E-state index in [2.05, 4.69) is 97.3 Å². The van der Waals surface area contributed by atoms with E-state index in [4.69, 9.17) is 4.74 Å². The molecule has 0 amide bonds. The molecule has 3 heteroatoms. The van der Waals surface area contributed by atoms with E-state index in [1.807, 2.05) is 0 Å². The van der Waals surface area contributed by atoms with Gasteiger partial charge in [-0.15, -0.1) is 0 Å². The average Bonchev–Trinajstić information content (AvgIpc) is 2.64. The monoisotopic (exact) mass is 364 g/mol. The number of piperazine rings is 1. The molecule has 0 aromatic heterocycles. The Hall–Kier alpha value is -2.10. The molecule has 0 radical (unpaired) electrons. The van der Waals surface area contributed by atoms with Crippen LogP contribution in [0.1, 0.15) is 31.9 Å². The summed E-state index contributed by atoms with van der Waals surface area (Å²) in [6.45, 7) is 12.8. The Kier molecular flexibility index (Phi) is 6.70. The van der Waals surface area contributed by atoms with E-state index in [1.165, 1.54) is 11.1 Å². The molecule has 3 nitrogen and oxygen atoms in total. The molecule has 2 aromatic carbocycles. The Balaban J connectivity index is 1.41. The predicted octanol–water partition coefficient (Wildman–Crippen LogP) is 4.69. The van der Waals surface area contributed by atoms with Crippen LogP contribution in [0.15, 0.2) is 60.7 Å². The first-order valence-electron chi connectivity index (χ1n) is 9.92. The van der Waals surface area contributed by atoms with Gasteiger partial charge >= 0.3 is 0 Å². The summed E-state index contributed by atoms with van der Waals surface area (Å²) in [6.07, 6.45) is 4.49. The van der Waals surface area contributed by atoms with Crippen molar-refractivity contribution in [2.24, 2.45) is 0 Å². The molecule has 0 saturated carbocycles. The van der Waals surface area contributed by atoms with Crippen molar-refractivity contribution in [1.29, 1.82) is 0 Å². The quantitative estimate of drug-likeness (QED) is 0.739. The molecule has 1 aliphatic rings. The summed E-state index contributed by atoms with van der Waals surface area (Å²) in [4.78, 5) is 5.06. The minimum absolute atomic E-state index is 0.146. The van der Waals surface area contributed by atoms with Gasteiger partial charge in [-0.3, -0.25) is 9.80 Å². The summed E-state index contributed by atoms with van der Waals surface area (Å²) in [5, 5.41) is 0. The summed E-state index contributed by atoms with van der Waals surface area (Å²) in [5.74, 6) is 0.946. The van der Waals surface area contributed by atoms with Gasteiger partial charge in [-0.05, 0) is 44.0 Å². The highest BCUT2D eigenvalue weighted by Gasteiger charge is 2.16. The van der Waals surface area contributed by atoms with Crippen LogP contribution < -0.4 is 4.74 Å². The molecule has 0 atom stereocenters. The Bertz CT molecular complexity index is 708. The maximum Gasteiger partial charge on any atom is 0.120 e. The van der Waals surface area contributed by atoms with Crippen molar-refractivity contribution in [2.45, 2.75) is 32.9 Å². The highest BCUT2D eigenvalue weighted by Crippen LogP contribution is 2.19. The molecule has 1 saturated heterocycles. The zero-order chi connectivity index (χ0) is 19.1. The summed E-state index contributed by atoms with van der Waals surface area (Å²) in [5.41, 5.74) is 2.48. The maximum absolute atomic E-state index is 5.90.